The molecule has 3 aromatic carbocycles. The van der Waals surface area contributed by atoms with Gasteiger partial charge in [0.05, 0.1) is 36.5 Å². The van der Waals surface area contributed by atoms with Gasteiger partial charge in [-0.1, -0.05) is 91.0 Å². The zero-order valence-corrected chi connectivity index (χ0v) is 35.0. The highest BCUT2D eigenvalue weighted by Crippen LogP contribution is 2.47. The van der Waals surface area contributed by atoms with Gasteiger partial charge in [-0.25, -0.2) is 4.79 Å². The summed E-state index contributed by atoms with van der Waals surface area (Å²) in [5, 5.41) is 26.0. The largest absolute Gasteiger partial charge is 0.460 e. The van der Waals surface area contributed by atoms with E-state index in [1.165, 1.54) is 6.92 Å². The zero-order valence-electron chi connectivity index (χ0n) is 35.0. The lowest BCUT2D eigenvalue weighted by atomic mass is 9.88. The number of ether oxygens (including phenoxy) is 5. The van der Waals surface area contributed by atoms with Gasteiger partial charge >= 0.3 is 11.9 Å². The van der Waals surface area contributed by atoms with Crippen LogP contribution in [0.4, 0.5) is 0 Å². The summed E-state index contributed by atoms with van der Waals surface area (Å²) < 4.78 is 31.1. The average Bonchev–Trinajstić information content (AvgIpc) is 3.91. The van der Waals surface area contributed by atoms with Gasteiger partial charge < -0.3 is 44.5 Å². The quantitative estimate of drug-likeness (QED) is 0.116. The number of carbonyl (C=O) groups excluding carboxylic acids is 4. The lowest BCUT2D eigenvalue weighted by Crippen LogP contribution is -2.55. The van der Waals surface area contributed by atoms with E-state index < -0.39 is 78.2 Å². The van der Waals surface area contributed by atoms with Crippen LogP contribution in [0.3, 0.4) is 0 Å². The fraction of sp³-hybridized carbons (Fsp3) is 0.458. The maximum absolute atomic E-state index is 14.2. The second-order valence-electron chi connectivity index (χ2n) is 17.3. The van der Waals surface area contributed by atoms with Crippen LogP contribution in [0.15, 0.2) is 103 Å². The first-order chi connectivity index (χ1) is 29.2. The smallest absolute Gasteiger partial charge is 0.339 e. The Bertz CT molecular complexity index is 2060. The molecule has 0 radical (unpaired) electrons. The minimum atomic E-state index is -1.45. The van der Waals surface area contributed by atoms with Crippen LogP contribution >= 0.6 is 0 Å². The molecule has 1 saturated carbocycles. The first kappa shape index (κ1) is 43.9. The number of hydrogen-bond acceptors (Lipinski definition) is 11. The Balaban J connectivity index is 1.13. The standard InChI is InChI=1S/C48H56N2O11/c1-29(52)42(45(55)49-35(28-51)22-24-41(53)60-47(2,3)4)50-44(54)32-26-39(58-46(56)36-18-12-11-13-31(36)21-19-30-20-23-37-38(25-30)57-37)43-40(27-32)59-48(61-43,33-14-7-5-8-15-33)34-16-9-6-10-17-34/h5-19,21,27,29-30,35,37-40,42-43,51-52H,20,22-26,28H2,1-4H3,(H,49,55)(H,50,54). The minimum absolute atomic E-state index is 0.0656. The maximum atomic E-state index is 14.2. The highest BCUT2D eigenvalue weighted by molar-refractivity contribution is 5.98. The Morgan fingerprint density at radius 3 is 2.21 bits per heavy atom. The molecule has 0 aromatic heterocycles. The average molecular weight is 837 g/mol. The van der Waals surface area contributed by atoms with Gasteiger partial charge in [0.25, 0.3) is 0 Å². The molecular formula is C48H56N2O11. The molecule has 3 aromatic rings. The monoisotopic (exact) mass is 836 g/mol. The van der Waals surface area contributed by atoms with Gasteiger partial charge in [0, 0.05) is 29.5 Å². The number of carbonyl (C=O) groups is 4. The van der Waals surface area contributed by atoms with Crippen LogP contribution in [0.25, 0.3) is 6.08 Å². The highest BCUT2D eigenvalue weighted by Gasteiger charge is 2.55. The molecule has 2 aliphatic carbocycles. The van der Waals surface area contributed by atoms with E-state index in [2.05, 4.69) is 16.7 Å². The summed E-state index contributed by atoms with van der Waals surface area (Å²) in [4.78, 5) is 54.3. The van der Waals surface area contributed by atoms with Crippen LogP contribution in [0.1, 0.15) is 93.3 Å². The van der Waals surface area contributed by atoms with Gasteiger partial charge in [-0.2, -0.15) is 0 Å². The number of amides is 2. The molecule has 2 amide bonds. The van der Waals surface area contributed by atoms with E-state index in [1.54, 1.807) is 39.0 Å². The van der Waals surface area contributed by atoms with Crippen molar-refractivity contribution in [3.63, 3.8) is 0 Å². The Morgan fingerprint density at radius 1 is 0.902 bits per heavy atom. The maximum Gasteiger partial charge on any atom is 0.339 e. The van der Waals surface area contributed by atoms with E-state index in [4.69, 9.17) is 23.7 Å². The number of esters is 2. The minimum Gasteiger partial charge on any atom is -0.460 e. The Labute approximate surface area is 356 Å². The summed E-state index contributed by atoms with van der Waals surface area (Å²) in [7, 11) is 0. The van der Waals surface area contributed by atoms with E-state index in [1.807, 2.05) is 78.9 Å². The van der Waals surface area contributed by atoms with Crippen molar-refractivity contribution >= 4 is 29.8 Å². The number of allylic oxidation sites excluding steroid dienone is 1. The van der Waals surface area contributed by atoms with Crippen molar-refractivity contribution in [3.05, 3.63) is 125 Å². The molecule has 2 heterocycles. The molecule has 2 aliphatic heterocycles. The number of aliphatic hydroxyl groups is 2. The van der Waals surface area contributed by atoms with Gasteiger partial charge in [-0.3, -0.25) is 14.4 Å². The van der Waals surface area contributed by atoms with Crippen molar-refractivity contribution in [3.8, 4) is 0 Å². The number of nitrogens with one attached hydrogen (secondary N) is 2. The lowest BCUT2D eigenvalue weighted by molar-refractivity contribution is -0.157. The van der Waals surface area contributed by atoms with Crippen molar-refractivity contribution in [2.24, 2.45) is 5.92 Å². The predicted molar refractivity (Wildman–Crippen MR) is 224 cm³/mol. The molecular weight excluding hydrogens is 781 g/mol. The van der Waals surface area contributed by atoms with Crippen LogP contribution in [0, 0.1) is 5.92 Å². The number of benzene rings is 3. The summed E-state index contributed by atoms with van der Waals surface area (Å²) in [5.41, 5.74) is 1.87. The molecule has 9 atom stereocenters. The molecule has 324 valence electrons. The normalized spacial score (nSPS) is 25.5. The van der Waals surface area contributed by atoms with E-state index >= 15 is 0 Å². The van der Waals surface area contributed by atoms with Gasteiger partial charge in [0.2, 0.25) is 17.6 Å². The predicted octanol–water partition coefficient (Wildman–Crippen LogP) is 5.27. The number of epoxide rings is 1. The van der Waals surface area contributed by atoms with Crippen LogP contribution < -0.4 is 10.6 Å². The molecule has 61 heavy (non-hydrogen) atoms. The van der Waals surface area contributed by atoms with Gasteiger partial charge in [-0.05, 0) is 77.0 Å². The molecule has 13 nitrogen and oxygen atoms in total. The fourth-order valence-corrected chi connectivity index (χ4v) is 8.29. The zero-order chi connectivity index (χ0) is 43.3. The van der Waals surface area contributed by atoms with E-state index in [0.29, 0.717) is 40.4 Å². The van der Waals surface area contributed by atoms with Gasteiger partial charge in [0.1, 0.15) is 30.0 Å². The second-order valence-corrected chi connectivity index (χ2v) is 17.3. The molecule has 4 aliphatic rings. The van der Waals surface area contributed by atoms with Crippen molar-refractivity contribution in [1.29, 1.82) is 0 Å². The molecule has 2 saturated heterocycles. The summed E-state index contributed by atoms with van der Waals surface area (Å²) in [6.45, 7) is 6.08. The van der Waals surface area contributed by atoms with E-state index in [-0.39, 0.29) is 24.8 Å². The fourth-order valence-electron chi connectivity index (χ4n) is 8.29. The Kier molecular flexibility index (Phi) is 13.6. The summed E-state index contributed by atoms with van der Waals surface area (Å²) in [5.74, 6) is -3.66. The van der Waals surface area contributed by atoms with Gasteiger partial charge in [0.15, 0.2) is 0 Å². The van der Waals surface area contributed by atoms with Crippen LogP contribution in [0.2, 0.25) is 0 Å². The second kappa shape index (κ2) is 18.8. The van der Waals surface area contributed by atoms with Crippen molar-refractivity contribution in [1.82, 2.24) is 10.6 Å². The molecule has 0 spiro atoms. The van der Waals surface area contributed by atoms with Gasteiger partial charge in [-0.15, -0.1) is 0 Å². The molecule has 7 rings (SSSR count). The summed E-state index contributed by atoms with van der Waals surface area (Å²) >= 11 is 0. The molecule has 3 fully saturated rings. The third-order valence-corrected chi connectivity index (χ3v) is 11.4. The molecule has 0 bridgehead atoms. The molecule has 4 N–H and O–H groups in total. The molecule has 13 heteroatoms. The topological polar surface area (TPSA) is 182 Å². The number of aliphatic hydroxyl groups excluding tert-OH is 2. The van der Waals surface area contributed by atoms with Crippen molar-refractivity contribution in [2.45, 2.75) is 126 Å². The Hall–Kier alpha value is -5.18. The van der Waals surface area contributed by atoms with Crippen molar-refractivity contribution in [2.75, 3.05) is 6.61 Å². The summed E-state index contributed by atoms with van der Waals surface area (Å²) in [6, 6.07) is 23.7. The molecule has 9 unspecified atom stereocenters. The third-order valence-electron chi connectivity index (χ3n) is 11.4. The third kappa shape index (κ3) is 10.7. The number of rotatable bonds is 15. The first-order valence-corrected chi connectivity index (χ1v) is 21.2. The van der Waals surface area contributed by atoms with Crippen LogP contribution in [-0.2, 0) is 43.9 Å². The SMILES string of the molecule is CC(O)C(NC(=O)C1=CC2OC(c3ccccc3)(c3ccccc3)OC2C(OC(=O)c2ccccc2C=CC2CCC3OC3C2)C1)C(=O)NC(CO)CCC(=O)OC(C)(C)C. The van der Waals surface area contributed by atoms with Crippen LogP contribution in [-0.4, -0.2) is 94.9 Å². The van der Waals surface area contributed by atoms with E-state index in [0.717, 1.165) is 19.3 Å². The highest BCUT2D eigenvalue weighted by atomic mass is 16.8. The lowest BCUT2D eigenvalue weighted by Gasteiger charge is -2.32. The summed E-state index contributed by atoms with van der Waals surface area (Å²) in [6.07, 6.45) is 5.14. The van der Waals surface area contributed by atoms with E-state index in [9.17, 15) is 29.4 Å². The Morgan fingerprint density at radius 2 is 1.57 bits per heavy atom. The van der Waals surface area contributed by atoms with Crippen LogP contribution in [0.5, 0.6) is 0 Å². The number of hydrogen-bond donors (Lipinski definition) is 4. The van der Waals surface area contributed by atoms with Crippen molar-refractivity contribution < 1.29 is 53.1 Å². The number of fused-ring (bicyclic) bond motifs is 2. The first-order valence-electron chi connectivity index (χ1n) is 21.2.